The van der Waals surface area contributed by atoms with Crippen LogP contribution in [-0.4, -0.2) is 67.4 Å². The summed E-state index contributed by atoms with van der Waals surface area (Å²) < 4.78 is 1.63. The number of fused-ring (bicyclic) bond motifs is 1. The van der Waals surface area contributed by atoms with Crippen LogP contribution in [0.1, 0.15) is 25.7 Å². The fraction of sp³-hybridized carbons (Fsp3) is 0.562. The number of anilines is 1. The van der Waals surface area contributed by atoms with E-state index in [2.05, 4.69) is 20.2 Å². The molecule has 1 amide bonds. The number of aliphatic carboxylic acids is 1. The number of carbonyl (C=O) groups is 2. The van der Waals surface area contributed by atoms with Gasteiger partial charge in [-0.3, -0.25) is 4.79 Å². The molecule has 0 aliphatic carbocycles. The Bertz CT molecular complexity index is 798. The monoisotopic (exact) mass is 344 g/mol. The van der Waals surface area contributed by atoms with Gasteiger partial charge in [-0.1, -0.05) is 0 Å². The Morgan fingerprint density at radius 3 is 2.68 bits per heavy atom. The second-order valence-corrected chi connectivity index (χ2v) is 6.61. The molecule has 2 aliphatic rings. The number of carboxylic acids is 1. The van der Waals surface area contributed by atoms with Gasteiger partial charge >= 0.3 is 5.97 Å². The first-order chi connectivity index (χ1) is 12.1. The summed E-state index contributed by atoms with van der Waals surface area (Å²) in [5.74, 6) is -0.167. The van der Waals surface area contributed by atoms with Crippen molar-refractivity contribution in [3.05, 3.63) is 18.5 Å². The van der Waals surface area contributed by atoms with Gasteiger partial charge in [-0.15, -0.1) is 15.3 Å². The molecular formula is C16H20N6O3. The summed E-state index contributed by atoms with van der Waals surface area (Å²) in [6, 6.07) is 3.13. The van der Waals surface area contributed by atoms with E-state index in [1.807, 2.05) is 12.1 Å². The Kier molecular flexibility index (Phi) is 3.98. The zero-order chi connectivity index (χ0) is 17.4. The SMILES string of the molecule is O=C(O)[C@H]1CCCN1C(=O)C1CCN(c2ccc3nncn3n2)CC1. The first kappa shape index (κ1) is 15.8. The number of aromatic nitrogens is 4. The van der Waals surface area contributed by atoms with Gasteiger partial charge in [0.1, 0.15) is 18.2 Å². The number of nitrogens with zero attached hydrogens (tertiary/aromatic N) is 6. The molecule has 2 aromatic heterocycles. The van der Waals surface area contributed by atoms with Crippen LogP contribution in [0.15, 0.2) is 18.5 Å². The number of hydrogen-bond acceptors (Lipinski definition) is 6. The highest BCUT2D eigenvalue weighted by Crippen LogP contribution is 2.27. The Balaban J connectivity index is 1.40. The van der Waals surface area contributed by atoms with Crippen LogP contribution in [-0.2, 0) is 9.59 Å². The van der Waals surface area contributed by atoms with Gasteiger partial charge < -0.3 is 14.9 Å². The molecule has 9 nitrogen and oxygen atoms in total. The van der Waals surface area contributed by atoms with E-state index in [4.69, 9.17) is 0 Å². The summed E-state index contributed by atoms with van der Waals surface area (Å²) in [4.78, 5) is 27.7. The van der Waals surface area contributed by atoms with Crippen molar-refractivity contribution in [1.82, 2.24) is 24.7 Å². The Labute approximate surface area is 144 Å². The number of hydrogen-bond donors (Lipinski definition) is 1. The number of carboxylic acid groups (broad SMARTS) is 1. The quantitative estimate of drug-likeness (QED) is 0.860. The molecule has 4 rings (SSSR count). The predicted molar refractivity (Wildman–Crippen MR) is 88.1 cm³/mol. The molecule has 0 spiro atoms. The van der Waals surface area contributed by atoms with E-state index in [0.717, 1.165) is 25.3 Å². The van der Waals surface area contributed by atoms with E-state index in [1.54, 1.807) is 15.7 Å². The Hall–Kier alpha value is -2.71. The van der Waals surface area contributed by atoms with Crippen LogP contribution in [0.5, 0.6) is 0 Å². The van der Waals surface area contributed by atoms with Crippen LogP contribution in [0, 0.1) is 5.92 Å². The van der Waals surface area contributed by atoms with E-state index >= 15 is 0 Å². The molecule has 2 fully saturated rings. The third-order valence-electron chi connectivity index (χ3n) is 5.14. The molecule has 0 unspecified atom stereocenters. The lowest BCUT2D eigenvalue weighted by atomic mass is 9.95. The number of amides is 1. The molecule has 132 valence electrons. The molecular weight excluding hydrogens is 324 g/mol. The van der Waals surface area contributed by atoms with E-state index in [9.17, 15) is 14.7 Å². The number of likely N-dealkylation sites (tertiary alicyclic amines) is 1. The molecule has 4 heterocycles. The van der Waals surface area contributed by atoms with E-state index in [1.165, 1.54) is 0 Å². The smallest absolute Gasteiger partial charge is 0.326 e. The average Bonchev–Trinajstić information content (AvgIpc) is 3.29. The molecule has 2 aliphatic heterocycles. The van der Waals surface area contributed by atoms with Crippen molar-refractivity contribution in [2.24, 2.45) is 5.92 Å². The van der Waals surface area contributed by atoms with E-state index in [0.29, 0.717) is 31.5 Å². The summed E-state index contributed by atoms with van der Waals surface area (Å²) in [5, 5.41) is 21.5. The number of rotatable bonds is 3. The molecule has 1 N–H and O–H groups in total. The lowest BCUT2D eigenvalue weighted by molar-refractivity contribution is -0.150. The molecule has 0 radical (unpaired) electrons. The molecule has 2 aromatic rings. The lowest BCUT2D eigenvalue weighted by Gasteiger charge is -2.34. The minimum absolute atomic E-state index is 0.00762. The minimum Gasteiger partial charge on any atom is -0.480 e. The van der Waals surface area contributed by atoms with Crippen molar-refractivity contribution in [3.63, 3.8) is 0 Å². The molecule has 25 heavy (non-hydrogen) atoms. The van der Waals surface area contributed by atoms with Crippen molar-refractivity contribution in [3.8, 4) is 0 Å². The van der Waals surface area contributed by atoms with Crippen molar-refractivity contribution < 1.29 is 14.7 Å². The molecule has 0 saturated carbocycles. The minimum atomic E-state index is -0.894. The second kappa shape index (κ2) is 6.30. The molecule has 0 aromatic carbocycles. The summed E-state index contributed by atoms with van der Waals surface area (Å²) in [7, 11) is 0. The summed E-state index contributed by atoms with van der Waals surface area (Å²) >= 11 is 0. The van der Waals surface area contributed by atoms with Gasteiger partial charge in [-0.2, -0.15) is 4.52 Å². The van der Waals surface area contributed by atoms with E-state index in [-0.39, 0.29) is 11.8 Å². The average molecular weight is 344 g/mol. The Morgan fingerprint density at radius 1 is 1.12 bits per heavy atom. The number of carbonyl (C=O) groups excluding carboxylic acids is 1. The maximum Gasteiger partial charge on any atom is 0.326 e. The van der Waals surface area contributed by atoms with Gasteiger partial charge in [-0.05, 0) is 37.8 Å². The fourth-order valence-electron chi connectivity index (χ4n) is 3.76. The normalized spacial score (nSPS) is 21.8. The third kappa shape index (κ3) is 2.90. The maximum atomic E-state index is 12.7. The van der Waals surface area contributed by atoms with E-state index < -0.39 is 12.0 Å². The highest BCUT2D eigenvalue weighted by Gasteiger charge is 2.38. The van der Waals surface area contributed by atoms with Crippen LogP contribution in [0.2, 0.25) is 0 Å². The summed E-state index contributed by atoms with van der Waals surface area (Å²) in [6.45, 7) is 2.01. The number of piperidine rings is 1. The van der Waals surface area contributed by atoms with Crippen LogP contribution >= 0.6 is 0 Å². The summed E-state index contributed by atoms with van der Waals surface area (Å²) in [6.07, 6.45) is 4.31. The molecule has 2 saturated heterocycles. The fourth-order valence-corrected chi connectivity index (χ4v) is 3.76. The highest BCUT2D eigenvalue weighted by molar-refractivity contribution is 5.85. The second-order valence-electron chi connectivity index (χ2n) is 6.61. The summed E-state index contributed by atoms with van der Waals surface area (Å²) in [5.41, 5.74) is 0.697. The van der Waals surface area contributed by atoms with Gasteiger partial charge in [0, 0.05) is 25.6 Å². The maximum absolute atomic E-state index is 12.7. The van der Waals surface area contributed by atoms with Crippen molar-refractivity contribution in [2.75, 3.05) is 24.5 Å². The lowest BCUT2D eigenvalue weighted by Crippen LogP contribution is -2.46. The van der Waals surface area contributed by atoms with Crippen LogP contribution in [0.4, 0.5) is 5.82 Å². The first-order valence-electron chi connectivity index (χ1n) is 8.59. The predicted octanol–water partition coefficient (Wildman–Crippen LogP) is 0.416. The topological polar surface area (TPSA) is 104 Å². The van der Waals surface area contributed by atoms with Crippen LogP contribution < -0.4 is 4.90 Å². The first-order valence-corrected chi connectivity index (χ1v) is 8.59. The van der Waals surface area contributed by atoms with Gasteiger partial charge in [0.05, 0.1) is 0 Å². The van der Waals surface area contributed by atoms with Gasteiger partial charge in [0.25, 0.3) is 0 Å². The highest BCUT2D eigenvalue weighted by atomic mass is 16.4. The molecule has 0 bridgehead atoms. The van der Waals surface area contributed by atoms with Crippen molar-refractivity contribution in [2.45, 2.75) is 31.7 Å². The Morgan fingerprint density at radius 2 is 1.92 bits per heavy atom. The standard InChI is InChI=1S/C16H20N6O3/c23-15(21-7-1-2-12(21)16(24)25)11-5-8-20(9-6-11)14-4-3-13-18-17-10-22(13)19-14/h3-4,10-12H,1-2,5-9H2,(H,24,25)/t12-/m1/s1. The molecule has 9 heteroatoms. The van der Waals surface area contributed by atoms with Gasteiger partial charge in [-0.25, -0.2) is 4.79 Å². The van der Waals surface area contributed by atoms with Gasteiger partial charge in [0.2, 0.25) is 5.91 Å². The largest absolute Gasteiger partial charge is 0.480 e. The van der Waals surface area contributed by atoms with Crippen LogP contribution in [0.25, 0.3) is 5.65 Å². The molecule has 1 atom stereocenters. The zero-order valence-electron chi connectivity index (χ0n) is 13.8. The third-order valence-corrected chi connectivity index (χ3v) is 5.14. The van der Waals surface area contributed by atoms with Crippen molar-refractivity contribution in [1.29, 1.82) is 0 Å². The van der Waals surface area contributed by atoms with Crippen LogP contribution in [0.3, 0.4) is 0 Å². The van der Waals surface area contributed by atoms with Gasteiger partial charge in [0.15, 0.2) is 5.65 Å². The zero-order valence-corrected chi connectivity index (χ0v) is 13.8. The van der Waals surface area contributed by atoms with Crippen molar-refractivity contribution >= 4 is 23.3 Å².